The standard InChI is InChI=1S/C17H25ClN2O3/c1-12(2)8-15(17(22)23-4)19-16(21)11-20(3)10-13-6-5-7-14(18)9-13/h5-7,9,12,15H,8,10-11H2,1-4H3,(H,19,21). The molecule has 5 nitrogen and oxygen atoms in total. The number of hydrogen-bond acceptors (Lipinski definition) is 4. The molecule has 0 spiro atoms. The molecule has 0 bridgehead atoms. The van der Waals surface area contributed by atoms with Crippen LogP contribution in [0.1, 0.15) is 25.8 Å². The monoisotopic (exact) mass is 340 g/mol. The van der Waals surface area contributed by atoms with E-state index in [1.165, 1.54) is 7.11 Å². The number of methoxy groups -OCH3 is 1. The Morgan fingerprint density at radius 1 is 1.35 bits per heavy atom. The van der Waals surface area contributed by atoms with Gasteiger partial charge in [0.1, 0.15) is 6.04 Å². The molecule has 0 saturated carbocycles. The predicted molar refractivity (Wildman–Crippen MR) is 91.2 cm³/mol. The van der Waals surface area contributed by atoms with E-state index in [9.17, 15) is 9.59 Å². The maximum absolute atomic E-state index is 12.1. The largest absolute Gasteiger partial charge is 0.467 e. The molecule has 1 aromatic carbocycles. The van der Waals surface area contributed by atoms with Gasteiger partial charge in [0, 0.05) is 11.6 Å². The third kappa shape index (κ3) is 7.48. The quantitative estimate of drug-likeness (QED) is 0.739. The normalized spacial score (nSPS) is 12.3. The Bertz CT molecular complexity index is 534. The van der Waals surface area contributed by atoms with Crippen LogP contribution in [0.5, 0.6) is 0 Å². The van der Waals surface area contributed by atoms with Gasteiger partial charge in [-0.3, -0.25) is 9.69 Å². The van der Waals surface area contributed by atoms with Crippen LogP contribution in [0.4, 0.5) is 0 Å². The van der Waals surface area contributed by atoms with Crippen molar-refractivity contribution in [3.8, 4) is 0 Å². The molecular weight excluding hydrogens is 316 g/mol. The van der Waals surface area contributed by atoms with E-state index in [0.29, 0.717) is 18.0 Å². The summed E-state index contributed by atoms with van der Waals surface area (Å²) in [6.45, 7) is 4.78. The van der Waals surface area contributed by atoms with Crippen molar-refractivity contribution in [2.45, 2.75) is 32.9 Å². The summed E-state index contributed by atoms with van der Waals surface area (Å²) in [5.74, 6) is -0.335. The summed E-state index contributed by atoms with van der Waals surface area (Å²) in [5, 5.41) is 3.42. The number of esters is 1. The van der Waals surface area contributed by atoms with Crippen molar-refractivity contribution in [3.05, 3.63) is 34.9 Å². The van der Waals surface area contributed by atoms with E-state index in [1.807, 2.05) is 50.1 Å². The molecule has 1 amide bonds. The zero-order valence-corrected chi connectivity index (χ0v) is 14.9. The van der Waals surface area contributed by atoms with Crippen LogP contribution in [-0.4, -0.2) is 43.5 Å². The highest BCUT2D eigenvalue weighted by Crippen LogP contribution is 2.12. The van der Waals surface area contributed by atoms with Crippen LogP contribution in [-0.2, 0) is 20.9 Å². The molecule has 0 fully saturated rings. The Morgan fingerprint density at radius 3 is 2.61 bits per heavy atom. The minimum atomic E-state index is -0.605. The van der Waals surface area contributed by atoms with Crippen LogP contribution in [0.15, 0.2) is 24.3 Å². The molecule has 1 atom stereocenters. The van der Waals surface area contributed by atoms with E-state index < -0.39 is 12.0 Å². The number of carbonyl (C=O) groups excluding carboxylic acids is 2. The van der Waals surface area contributed by atoms with Gasteiger partial charge in [0.25, 0.3) is 0 Å². The number of benzene rings is 1. The maximum atomic E-state index is 12.1. The molecule has 128 valence electrons. The topological polar surface area (TPSA) is 58.6 Å². The molecule has 0 aromatic heterocycles. The Balaban J connectivity index is 2.54. The van der Waals surface area contributed by atoms with Crippen LogP contribution in [0.3, 0.4) is 0 Å². The number of carbonyl (C=O) groups is 2. The van der Waals surface area contributed by atoms with Crippen LogP contribution >= 0.6 is 11.6 Å². The van der Waals surface area contributed by atoms with E-state index in [1.54, 1.807) is 0 Å². The van der Waals surface area contributed by atoms with Crippen molar-refractivity contribution in [1.82, 2.24) is 10.2 Å². The summed E-state index contributed by atoms with van der Waals surface area (Å²) in [6.07, 6.45) is 0.552. The molecule has 0 radical (unpaired) electrons. The highest BCUT2D eigenvalue weighted by Gasteiger charge is 2.22. The maximum Gasteiger partial charge on any atom is 0.328 e. The van der Waals surface area contributed by atoms with Gasteiger partial charge in [-0.05, 0) is 37.1 Å². The third-order valence-corrected chi connectivity index (χ3v) is 3.52. The molecule has 0 aliphatic rings. The Morgan fingerprint density at radius 2 is 2.04 bits per heavy atom. The number of nitrogens with one attached hydrogen (secondary N) is 1. The summed E-state index contributed by atoms with van der Waals surface area (Å²) in [7, 11) is 3.17. The van der Waals surface area contributed by atoms with Gasteiger partial charge in [-0.25, -0.2) is 4.79 Å². The van der Waals surface area contributed by atoms with Gasteiger partial charge >= 0.3 is 5.97 Å². The molecule has 0 aliphatic carbocycles. The first-order chi connectivity index (χ1) is 10.8. The highest BCUT2D eigenvalue weighted by atomic mass is 35.5. The first-order valence-corrected chi connectivity index (χ1v) is 7.99. The molecule has 0 aliphatic heterocycles. The molecule has 23 heavy (non-hydrogen) atoms. The second-order valence-corrected chi connectivity index (χ2v) is 6.51. The molecule has 1 unspecified atom stereocenters. The second-order valence-electron chi connectivity index (χ2n) is 6.08. The zero-order chi connectivity index (χ0) is 17.4. The zero-order valence-electron chi connectivity index (χ0n) is 14.1. The lowest BCUT2D eigenvalue weighted by Crippen LogP contribution is -2.45. The number of nitrogens with zero attached hydrogens (tertiary/aromatic N) is 1. The van der Waals surface area contributed by atoms with Crippen LogP contribution < -0.4 is 5.32 Å². The average Bonchev–Trinajstić information content (AvgIpc) is 2.44. The van der Waals surface area contributed by atoms with Crippen LogP contribution in [0.25, 0.3) is 0 Å². The summed E-state index contributed by atoms with van der Waals surface area (Å²) >= 11 is 5.95. The number of rotatable bonds is 8. The van der Waals surface area contributed by atoms with Crippen molar-refractivity contribution >= 4 is 23.5 Å². The van der Waals surface area contributed by atoms with Crippen LogP contribution in [0.2, 0.25) is 5.02 Å². The van der Waals surface area contributed by atoms with Gasteiger partial charge in [-0.1, -0.05) is 37.6 Å². The Kier molecular flexibility index (Phi) is 8.06. The van der Waals surface area contributed by atoms with Crippen LogP contribution in [0, 0.1) is 5.92 Å². The van der Waals surface area contributed by atoms with E-state index in [-0.39, 0.29) is 18.4 Å². The summed E-state index contributed by atoms with van der Waals surface area (Å²) in [4.78, 5) is 25.7. The first-order valence-electron chi connectivity index (χ1n) is 7.62. The lowest BCUT2D eigenvalue weighted by Gasteiger charge is -2.21. The van der Waals surface area contributed by atoms with Gasteiger partial charge in [0.2, 0.25) is 5.91 Å². The highest BCUT2D eigenvalue weighted by molar-refractivity contribution is 6.30. The van der Waals surface area contributed by atoms with Gasteiger partial charge < -0.3 is 10.1 Å². The summed E-state index contributed by atoms with van der Waals surface area (Å²) < 4.78 is 4.75. The van der Waals surface area contributed by atoms with Gasteiger partial charge in [-0.2, -0.15) is 0 Å². The van der Waals surface area contributed by atoms with Crippen molar-refractivity contribution in [2.24, 2.45) is 5.92 Å². The Labute approximate surface area is 142 Å². The second kappa shape index (κ2) is 9.53. The van der Waals surface area contributed by atoms with Gasteiger partial charge in [0.15, 0.2) is 0 Å². The number of ether oxygens (including phenoxy) is 1. The minimum absolute atomic E-state index is 0.193. The van der Waals surface area contributed by atoms with Crippen molar-refractivity contribution in [1.29, 1.82) is 0 Å². The number of halogens is 1. The Hall–Kier alpha value is -1.59. The fraction of sp³-hybridized carbons (Fsp3) is 0.529. The SMILES string of the molecule is COC(=O)C(CC(C)C)NC(=O)CN(C)Cc1cccc(Cl)c1. The first kappa shape index (κ1) is 19.5. The minimum Gasteiger partial charge on any atom is -0.467 e. The van der Waals surface area contributed by atoms with Crippen molar-refractivity contribution in [2.75, 3.05) is 20.7 Å². The lowest BCUT2D eigenvalue weighted by atomic mass is 10.0. The molecule has 1 aromatic rings. The molecule has 0 heterocycles. The smallest absolute Gasteiger partial charge is 0.328 e. The van der Waals surface area contributed by atoms with Crippen molar-refractivity contribution in [3.63, 3.8) is 0 Å². The number of amides is 1. The molecule has 1 N–H and O–H groups in total. The summed E-state index contributed by atoms with van der Waals surface area (Å²) in [6, 6.07) is 6.90. The van der Waals surface area contributed by atoms with E-state index >= 15 is 0 Å². The fourth-order valence-electron chi connectivity index (χ4n) is 2.32. The van der Waals surface area contributed by atoms with Gasteiger partial charge in [0.05, 0.1) is 13.7 Å². The van der Waals surface area contributed by atoms with E-state index in [0.717, 1.165) is 5.56 Å². The lowest BCUT2D eigenvalue weighted by molar-refractivity contribution is -0.145. The molecular formula is C17H25ClN2O3. The average molecular weight is 341 g/mol. The van der Waals surface area contributed by atoms with E-state index in [4.69, 9.17) is 16.3 Å². The molecule has 0 saturated heterocycles. The number of likely N-dealkylation sites (N-methyl/N-ethyl adjacent to an activating group) is 1. The molecule has 1 rings (SSSR count). The van der Waals surface area contributed by atoms with Crippen molar-refractivity contribution < 1.29 is 14.3 Å². The summed E-state index contributed by atoms with van der Waals surface area (Å²) in [5.41, 5.74) is 1.03. The predicted octanol–water partition coefficient (Wildman–Crippen LogP) is 2.48. The van der Waals surface area contributed by atoms with Gasteiger partial charge in [-0.15, -0.1) is 0 Å². The number of hydrogen-bond donors (Lipinski definition) is 1. The van der Waals surface area contributed by atoms with E-state index in [2.05, 4.69) is 5.32 Å². The third-order valence-electron chi connectivity index (χ3n) is 3.28. The molecule has 6 heteroatoms. The fourth-order valence-corrected chi connectivity index (χ4v) is 2.53.